The summed E-state index contributed by atoms with van der Waals surface area (Å²) in [6, 6.07) is 9.67. The van der Waals surface area contributed by atoms with Crippen molar-refractivity contribution in [2.45, 2.75) is 57.9 Å². The highest BCUT2D eigenvalue weighted by Gasteiger charge is 2.29. The van der Waals surface area contributed by atoms with Crippen LogP contribution >= 0.6 is 0 Å². The molecule has 0 spiro atoms. The molecular weight excluding hydrogens is 462 g/mol. The van der Waals surface area contributed by atoms with Crippen LogP contribution in [0.3, 0.4) is 0 Å². The number of nitrogens with zero attached hydrogens (tertiary/aromatic N) is 5. The molecule has 3 aliphatic rings. The summed E-state index contributed by atoms with van der Waals surface area (Å²) in [4.78, 5) is 28.6. The van der Waals surface area contributed by atoms with Gasteiger partial charge in [-0.25, -0.2) is 0 Å². The summed E-state index contributed by atoms with van der Waals surface area (Å²) in [5, 5.41) is 0. The molecule has 0 saturated carbocycles. The standard InChI is InChI=1S/C30H41N5O2/c1-4-28(36)34-16-18-35(19-17-34)29-26-14-12-23(11-13-24-9-6-5-8-22(24)2)20-27(26)31-30(32-29)37-21-25-10-7-15-33(25)3/h4-6,8-9,23,25H,1,7,10-21H2,2-3H3/t23-,25+/m1/s1. The third-order valence-electron chi connectivity index (χ3n) is 8.56. The lowest BCUT2D eigenvalue weighted by Crippen LogP contribution is -2.49. The molecular formula is C30H41N5O2. The number of amides is 1. The SMILES string of the molecule is C=CC(=O)N1CCN(c2nc(OC[C@@H]3CCCN3C)nc3c2CC[C@@H](CCc2ccccc2C)C3)CC1. The summed E-state index contributed by atoms with van der Waals surface area (Å²) in [5.41, 5.74) is 5.27. The van der Waals surface area contributed by atoms with Crippen molar-refractivity contribution in [3.8, 4) is 6.01 Å². The number of aryl methyl sites for hydroxylation is 2. The molecule has 5 rings (SSSR count). The van der Waals surface area contributed by atoms with Crippen LogP contribution in [0.5, 0.6) is 6.01 Å². The van der Waals surface area contributed by atoms with Gasteiger partial charge in [-0.15, -0.1) is 0 Å². The van der Waals surface area contributed by atoms with E-state index in [0.717, 1.165) is 63.3 Å². The number of carbonyl (C=O) groups excluding carboxylic acids is 1. The van der Waals surface area contributed by atoms with Gasteiger partial charge in [0.1, 0.15) is 12.4 Å². The van der Waals surface area contributed by atoms with Crippen molar-refractivity contribution in [1.82, 2.24) is 19.8 Å². The van der Waals surface area contributed by atoms with Gasteiger partial charge in [0.2, 0.25) is 5.91 Å². The van der Waals surface area contributed by atoms with Gasteiger partial charge in [0.25, 0.3) is 0 Å². The molecule has 0 unspecified atom stereocenters. The van der Waals surface area contributed by atoms with E-state index in [1.807, 2.05) is 4.90 Å². The molecule has 0 radical (unpaired) electrons. The maximum atomic E-state index is 12.1. The summed E-state index contributed by atoms with van der Waals surface area (Å²) >= 11 is 0. The van der Waals surface area contributed by atoms with Crippen LogP contribution in [0.25, 0.3) is 0 Å². The maximum Gasteiger partial charge on any atom is 0.318 e. The zero-order valence-corrected chi connectivity index (χ0v) is 22.5. The van der Waals surface area contributed by atoms with E-state index in [4.69, 9.17) is 14.7 Å². The highest BCUT2D eigenvalue weighted by molar-refractivity contribution is 5.87. The van der Waals surface area contributed by atoms with E-state index < -0.39 is 0 Å². The van der Waals surface area contributed by atoms with E-state index in [2.05, 4.69) is 54.6 Å². The van der Waals surface area contributed by atoms with E-state index >= 15 is 0 Å². The van der Waals surface area contributed by atoms with Crippen LogP contribution < -0.4 is 9.64 Å². The fourth-order valence-electron chi connectivity index (χ4n) is 6.10. The quantitative estimate of drug-likeness (QED) is 0.511. The zero-order chi connectivity index (χ0) is 25.8. The molecule has 37 heavy (non-hydrogen) atoms. The Hall–Kier alpha value is -2.93. The number of piperazine rings is 1. The number of rotatable bonds is 8. The lowest BCUT2D eigenvalue weighted by atomic mass is 9.83. The first-order valence-corrected chi connectivity index (χ1v) is 14.0. The Morgan fingerprint density at radius 2 is 1.95 bits per heavy atom. The largest absolute Gasteiger partial charge is 0.462 e. The lowest BCUT2D eigenvalue weighted by Gasteiger charge is -2.37. The van der Waals surface area contributed by atoms with Crippen LogP contribution in [-0.2, 0) is 24.1 Å². The Morgan fingerprint density at radius 3 is 2.68 bits per heavy atom. The van der Waals surface area contributed by atoms with Crippen LogP contribution in [0.2, 0.25) is 0 Å². The van der Waals surface area contributed by atoms with Crippen molar-refractivity contribution in [1.29, 1.82) is 0 Å². The van der Waals surface area contributed by atoms with Gasteiger partial charge < -0.3 is 19.4 Å². The summed E-state index contributed by atoms with van der Waals surface area (Å²) in [6.45, 7) is 10.5. The van der Waals surface area contributed by atoms with Gasteiger partial charge >= 0.3 is 6.01 Å². The average molecular weight is 504 g/mol. The molecule has 1 aromatic heterocycles. The van der Waals surface area contributed by atoms with Crippen LogP contribution in [-0.4, -0.2) is 78.1 Å². The first-order chi connectivity index (χ1) is 18.0. The number of ether oxygens (including phenoxy) is 1. The minimum Gasteiger partial charge on any atom is -0.462 e. The molecule has 1 amide bonds. The second-order valence-electron chi connectivity index (χ2n) is 10.9. The molecule has 3 heterocycles. The number of aromatic nitrogens is 2. The van der Waals surface area contributed by atoms with Gasteiger partial charge in [0.05, 0.1) is 5.69 Å². The van der Waals surface area contributed by atoms with Crippen molar-refractivity contribution in [2.24, 2.45) is 5.92 Å². The maximum absolute atomic E-state index is 12.1. The van der Waals surface area contributed by atoms with E-state index in [0.29, 0.717) is 37.7 Å². The molecule has 2 aliphatic heterocycles. The van der Waals surface area contributed by atoms with Gasteiger partial charge in [0, 0.05) is 37.8 Å². The predicted octanol–water partition coefficient (Wildman–Crippen LogP) is 3.83. The van der Waals surface area contributed by atoms with Crippen LogP contribution in [0.4, 0.5) is 5.82 Å². The number of fused-ring (bicyclic) bond motifs is 1. The van der Waals surface area contributed by atoms with E-state index in [1.54, 1.807) is 0 Å². The molecule has 0 bridgehead atoms. The number of carbonyl (C=O) groups is 1. The van der Waals surface area contributed by atoms with Crippen LogP contribution in [0.1, 0.15) is 48.1 Å². The summed E-state index contributed by atoms with van der Waals surface area (Å²) in [6.07, 6.45) is 9.22. The van der Waals surface area contributed by atoms with Crippen molar-refractivity contribution in [3.05, 3.63) is 59.3 Å². The predicted molar refractivity (Wildman–Crippen MR) is 147 cm³/mol. The normalized spacial score (nSPS) is 22.1. The molecule has 198 valence electrons. The molecule has 1 aliphatic carbocycles. The first-order valence-electron chi connectivity index (χ1n) is 14.0. The number of benzene rings is 1. The molecule has 7 heteroatoms. The van der Waals surface area contributed by atoms with E-state index in [1.165, 1.54) is 35.6 Å². The van der Waals surface area contributed by atoms with Gasteiger partial charge in [-0.3, -0.25) is 4.79 Å². The smallest absolute Gasteiger partial charge is 0.318 e. The number of likely N-dealkylation sites (tertiary alicyclic amines) is 1. The highest BCUT2D eigenvalue weighted by Crippen LogP contribution is 2.34. The van der Waals surface area contributed by atoms with Crippen molar-refractivity contribution < 1.29 is 9.53 Å². The van der Waals surface area contributed by atoms with Gasteiger partial charge in [-0.1, -0.05) is 30.8 Å². The molecule has 2 fully saturated rings. The average Bonchev–Trinajstić information content (AvgIpc) is 3.34. The van der Waals surface area contributed by atoms with Gasteiger partial charge in [-0.05, 0) is 88.6 Å². The lowest BCUT2D eigenvalue weighted by molar-refractivity contribution is -0.126. The van der Waals surface area contributed by atoms with Gasteiger partial charge in [0.15, 0.2) is 0 Å². The molecule has 0 N–H and O–H groups in total. The number of hydrogen-bond donors (Lipinski definition) is 0. The van der Waals surface area contributed by atoms with Crippen molar-refractivity contribution >= 4 is 11.7 Å². The van der Waals surface area contributed by atoms with Gasteiger partial charge in [-0.2, -0.15) is 9.97 Å². The molecule has 7 nitrogen and oxygen atoms in total. The summed E-state index contributed by atoms with van der Waals surface area (Å²) < 4.78 is 6.25. The topological polar surface area (TPSA) is 61.8 Å². The van der Waals surface area contributed by atoms with E-state index in [-0.39, 0.29) is 5.91 Å². The Bertz CT molecular complexity index is 1110. The second kappa shape index (κ2) is 11.6. The Morgan fingerprint density at radius 1 is 1.14 bits per heavy atom. The Balaban J connectivity index is 1.33. The zero-order valence-electron chi connectivity index (χ0n) is 22.5. The Kier molecular flexibility index (Phi) is 8.08. The fourth-order valence-corrected chi connectivity index (χ4v) is 6.10. The van der Waals surface area contributed by atoms with Crippen molar-refractivity contribution in [2.75, 3.05) is 51.3 Å². The third-order valence-corrected chi connectivity index (χ3v) is 8.56. The van der Waals surface area contributed by atoms with Crippen molar-refractivity contribution in [3.63, 3.8) is 0 Å². The second-order valence-corrected chi connectivity index (χ2v) is 10.9. The molecule has 1 aromatic carbocycles. The van der Waals surface area contributed by atoms with E-state index in [9.17, 15) is 4.79 Å². The molecule has 2 saturated heterocycles. The first kappa shape index (κ1) is 25.7. The Labute approximate surface area is 221 Å². The molecule has 2 aromatic rings. The highest BCUT2D eigenvalue weighted by atomic mass is 16.5. The number of likely N-dealkylation sites (N-methyl/N-ethyl adjacent to an activating group) is 1. The monoisotopic (exact) mass is 503 g/mol. The summed E-state index contributed by atoms with van der Waals surface area (Å²) in [5.74, 6) is 1.64. The third kappa shape index (κ3) is 5.98. The van der Waals surface area contributed by atoms with Crippen LogP contribution in [0.15, 0.2) is 36.9 Å². The number of hydrogen-bond acceptors (Lipinski definition) is 6. The summed E-state index contributed by atoms with van der Waals surface area (Å²) in [7, 11) is 2.17. The molecule has 2 atom stereocenters. The fraction of sp³-hybridized carbons (Fsp3) is 0.567. The van der Waals surface area contributed by atoms with Crippen LogP contribution in [0, 0.1) is 12.8 Å². The minimum atomic E-state index is 0.00515. The number of anilines is 1. The minimum absolute atomic E-state index is 0.00515.